The zero-order chi connectivity index (χ0) is 15.2. The van der Waals surface area contributed by atoms with Crippen molar-refractivity contribution in [1.29, 1.82) is 0 Å². The molecule has 0 spiro atoms. The van der Waals surface area contributed by atoms with Gasteiger partial charge >= 0.3 is 5.97 Å². The number of thioether (sulfide) groups is 1. The number of esters is 1. The molecule has 0 radical (unpaired) electrons. The van der Waals surface area contributed by atoms with Gasteiger partial charge in [-0.3, -0.25) is 4.79 Å². The molecule has 0 aliphatic rings. The van der Waals surface area contributed by atoms with Crippen LogP contribution in [0.15, 0.2) is 33.6 Å². The van der Waals surface area contributed by atoms with Crippen LogP contribution in [0.1, 0.15) is 27.2 Å². The quantitative estimate of drug-likeness (QED) is 0.592. The van der Waals surface area contributed by atoms with E-state index < -0.39 is 5.54 Å². The Morgan fingerprint density at radius 3 is 2.55 bits per heavy atom. The van der Waals surface area contributed by atoms with Crippen molar-refractivity contribution in [2.75, 3.05) is 13.7 Å². The Labute approximate surface area is 134 Å². The lowest BCUT2D eigenvalue weighted by atomic mass is 9.96. The van der Waals surface area contributed by atoms with Crippen LogP contribution < -0.4 is 5.32 Å². The molecular formula is C15H22BrNO2S. The van der Waals surface area contributed by atoms with E-state index >= 15 is 0 Å². The van der Waals surface area contributed by atoms with Crippen LogP contribution in [0.2, 0.25) is 0 Å². The van der Waals surface area contributed by atoms with Crippen LogP contribution in [-0.4, -0.2) is 30.4 Å². The van der Waals surface area contributed by atoms with Crippen molar-refractivity contribution in [2.24, 2.45) is 0 Å². The largest absolute Gasteiger partial charge is 0.468 e. The fourth-order valence-corrected chi connectivity index (χ4v) is 3.64. The van der Waals surface area contributed by atoms with Crippen molar-refractivity contribution in [3.8, 4) is 0 Å². The van der Waals surface area contributed by atoms with Crippen molar-refractivity contribution in [1.82, 2.24) is 5.32 Å². The molecule has 0 bridgehead atoms. The Hall–Kier alpha value is -0.520. The topological polar surface area (TPSA) is 38.3 Å². The fourth-order valence-electron chi connectivity index (χ4n) is 2.21. The highest BCUT2D eigenvalue weighted by Gasteiger charge is 2.35. The molecule has 20 heavy (non-hydrogen) atoms. The van der Waals surface area contributed by atoms with E-state index in [1.54, 1.807) is 11.8 Å². The molecule has 0 saturated carbocycles. The van der Waals surface area contributed by atoms with Gasteiger partial charge in [0.05, 0.1) is 7.11 Å². The van der Waals surface area contributed by atoms with E-state index in [0.717, 1.165) is 11.0 Å². The molecule has 2 atom stereocenters. The molecule has 1 N–H and O–H groups in total. The van der Waals surface area contributed by atoms with E-state index in [1.165, 1.54) is 12.0 Å². The van der Waals surface area contributed by atoms with Crippen LogP contribution in [-0.2, 0) is 9.53 Å². The van der Waals surface area contributed by atoms with Crippen molar-refractivity contribution < 1.29 is 9.53 Å². The van der Waals surface area contributed by atoms with E-state index in [0.29, 0.717) is 11.7 Å². The third-order valence-electron chi connectivity index (χ3n) is 3.05. The number of hydrogen-bond donors (Lipinski definition) is 1. The molecule has 0 aliphatic carbocycles. The summed E-state index contributed by atoms with van der Waals surface area (Å²) in [4.78, 5) is 13.2. The molecule has 0 aliphatic heterocycles. The normalized spacial score (nSPS) is 15.4. The van der Waals surface area contributed by atoms with Gasteiger partial charge in [0, 0.05) is 14.6 Å². The first-order chi connectivity index (χ1) is 9.41. The maximum absolute atomic E-state index is 12.0. The summed E-state index contributed by atoms with van der Waals surface area (Å²) in [6.45, 7) is 6.77. The zero-order valence-electron chi connectivity index (χ0n) is 12.4. The number of halogens is 1. The first kappa shape index (κ1) is 17.5. The summed E-state index contributed by atoms with van der Waals surface area (Å²) in [6.07, 6.45) is 0.717. The van der Waals surface area contributed by atoms with Crippen molar-refractivity contribution >= 4 is 33.7 Å². The van der Waals surface area contributed by atoms with Gasteiger partial charge in [-0.2, -0.15) is 0 Å². The van der Waals surface area contributed by atoms with E-state index in [1.807, 2.05) is 26.0 Å². The van der Waals surface area contributed by atoms with Crippen LogP contribution >= 0.6 is 27.7 Å². The highest BCUT2D eigenvalue weighted by Crippen LogP contribution is 2.30. The molecule has 0 amide bonds. The van der Waals surface area contributed by atoms with Gasteiger partial charge in [0.1, 0.15) is 5.54 Å². The van der Waals surface area contributed by atoms with Gasteiger partial charge in [-0.1, -0.05) is 29.8 Å². The Kier molecular flexibility index (Phi) is 7.06. The predicted octanol–water partition coefficient (Wildman–Crippen LogP) is 3.86. The molecular weight excluding hydrogens is 338 g/mol. The molecule has 1 aromatic rings. The number of ether oxygens (including phenoxy) is 1. The van der Waals surface area contributed by atoms with Gasteiger partial charge < -0.3 is 10.1 Å². The summed E-state index contributed by atoms with van der Waals surface area (Å²) in [5.41, 5.74) is -0.634. The molecule has 5 heteroatoms. The third kappa shape index (κ3) is 5.11. The molecule has 1 rings (SSSR count). The second-order valence-electron chi connectivity index (χ2n) is 4.94. The van der Waals surface area contributed by atoms with Gasteiger partial charge in [0.15, 0.2) is 0 Å². The minimum absolute atomic E-state index is 0.206. The number of rotatable bonds is 7. The number of carbonyl (C=O) groups excluding carboxylic acids is 1. The van der Waals surface area contributed by atoms with Crippen molar-refractivity contribution in [3.63, 3.8) is 0 Å². The first-order valence-corrected chi connectivity index (χ1v) is 8.34. The van der Waals surface area contributed by atoms with Crippen LogP contribution in [0, 0.1) is 0 Å². The summed E-state index contributed by atoms with van der Waals surface area (Å²) >= 11 is 5.19. The van der Waals surface area contributed by atoms with Gasteiger partial charge in [0.25, 0.3) is 0 Å². The summed E-state index contributed by atoms with van der Waals surface area (Å²) < 4.78 is 5.99. The number of hydrogen-bond acceptors (Lipinski definition) is 4. The summed E-state index contributed by atoms with van der Waals surface area (Å²) in [5.74, 6) is -0.206. The lowest BCUT2D eigenvalue weighted by Crippen LogP contribution is -2.51. The monoisotopic (exact) mass is 359 g/mol. The number of likely N-dealkylation sites (N-methyl/N-ethyl adjacent to an activating group) is 1. The molecule has 2 unspecified atom stereocenters. The van der Waals surface area contributed by atoms with E-state index in [2.05, 4.69) is 40.3 Å². The van der Waals surface area contributed by atoms with Crippen molar-refractivity contribution in [2.45, 2.75) is 42.9 Å². The zero-order valence-corrected chi connectivity index (χ0v) is 14.8. The Morgan fingerprint density at radius 1 is 1.45 bits per heavy atom. The van der Waals surface area contributed by atoms with Crippen molar-refractivity contribution in [3.05, 3.63) is 28.7 Å². The van der Waals surface area contributed by atoms with Crippen LogP contribution in [0.25, 0.3) is 0 Å². The molecule has 3 nitrogen and oxygen atoms in total. The van der Waals surface area contributed by atoms with Gasteiger partial charge in [-0.25, -0.2) is 0 Å². The fraction of sp³-hybridized carbons (Fsp3) is 0.533. The van der Waals surface area contributed by atoms with Gasteiger partial charge in [-0.15, -0.1) is 11.8 Å². The van der Waals surface area contributed by atoms with E-state index in [4.69, 9.17) is 4.74 Å². The van der Waals surface area contributed by atoms with Crippen LogP contribution in [0.3, 0.4) is 0 Å². The second kappa shape index (κ2) is 8.05. The minimum atomic E-state index is -0.634. The molecule has 0 fully saturated rings. The second-order valence-corrected chi connectivity index (χ2v) is 7.37. The molecule has 0 heterocycles. The lowest BCUT2D eigenvalue weighted by Gasteiger charge is -2.30. The van der Waals surface area contributed by atoms with Crippen LogP contribution in [0.5, 0.6) is 0 Å². The minimum Gasteiger partial charge on any atom is -0.468 e. The molecule has 1 aromatic carbocycles. The average molecular weight is 360 g/mol. The third-order valence-corrected chi connectivity index (χ3v) is 4.69. The smallest absolute Gasteiger partial charge is 0.325 e. The summed E-state index contributed by atoms with van der Waals surface area (Å²) in [7, 11) is 1.43. The number of carbonyl (C=O) groups is 1. The summed E-state index contributed by atoms with van der Waals surface area (Å²) in [5, 5.41) is 3.55. The molecule has 0 saturated heterocycles. The highest BCUT2D eigenvalue weighted by atomic mass is 79.9. The average Bonchev–Trinajstić information content (AvgIpc) is 2.40. The molecule has 0 aromatic heterocycles. The maximum atomic E-state index is 12.0. The maximum Gasteiger partial charge on any atom is 0.325 e. The highest BCUT2D eigenvalue weighted by molar-refractivity contribution is 9.10. The number of methoxy groups -OCH3 is 1. The number of nitrogens with one attached hydrogen (secondary N) is 1. The van der Waals surface area contributed by atoms with E-state index in [-0.39, 0.29) is 5.97 Å². The predicted molar refractivity (Wildman–Crippen MR) is 88.2 cm³/mol. The Bertz CT molecular complexity index is 438. The van der Waals surface area contributed by atoms with E-state index in [9.17, 15) is 4.79 Å². The lowest BCUT2D eigenvalue weighted by molar-refractivity contribution is -0.148. The number of benzene rings is 1. The standard InChI is InChI=1S/C15H22BrNO2S/c1-5-17-15(3,14(18)19-4)10-11(2)20-13-8-6-12(16)7-9-13/h6-9,11,17H,5,10H2,1-4H3. The Morgan fingerprint density at radius 2 is 2.05 bits per heavy atom. The Balaban J connectivity index is 2.68. The summed E-state index contributed by atoms with van der Waals surface area (Å²) in [6, 6.07) is 8.21. The van der Waals surface area contributed by atoms with Gasteiger partial charge in [0.2, 0.25) is 0 Å². The van der Waals surface area contributed by atoms with Gasteiger partial charge in [-0.05, 0) is 44.2 Å². The van der Waals surface area contributed by atoms with Crippen LogP contribution in [0.4, 0.5) is 0 Å². The molecule has 112 valence electrons. The SMILES string of the molecule is CCNC(C)(CC(C)Sc1ccc(Br)cc1)C(=O)OC. The first-order valence-electron chi connectivity index (χ1n) is 6.67.